The Labute approximate surface area is 169 Å². The largest absolute Gasteiger partial charge is 0.481 e. The first kappa shape index (κ1) is 20.4. The average molecular weight is 391 g/mol. The second-order valence-corrected chi connectivity index (χ2v) is 10.9. The van der Waals surface area contributed by atoms with Crippen molar-refractivity contribution < 1.29 is 20.1 Å². The summed E-state index contributed by atoms with van der Waals surface area (Å²) < 4.78 is 0. The van der Waals surface area contributed by atoms with Crippen molar-refractivity contribution in [1.82, 2.24) is 0 Å². The molecule has 0 aromatic carbocycles. The number of carboxylic acid groups (broad SMARTS) is 1. The van der Waals surface area contributed by atoms with Crippen molar-refractivity contribution in [2.45, 2.75) is 90.8 Å². The second-order valence-electron chi connectivity index (χ2n) is 10.9. The summed E-state index contributed by atoms with van der Waals surface area (Å²) >= 11 is 0. The van der Waals surface area contributed by atoms with Gasteiger partial charge < -0.3 is 15.3 Å². The van der Waals surface area contributed by atoms with Gasteiger partial charge in [0.05, 0.1) is 12.2 Å². The third kappa shape index (κ3) is 3.06. The zero-order valence-corrected chi connectivity index (χ0v) is 17.7. The normalized spacial score (nSPS) is 48.8. The Kier molecular flexibility index (Phi) is 5.19. The number of carboxylic acids is 1. The molecule has 0 aliphatic heterocycles. The van der Waals surface area contributed by atoms with Crippen molar-refractivity contribution in [3.05, 3.63) is 11.6 Å². The number of fused-ring (bicyclic) bond motifs is 5. The molecule has 0 amide bonds. The van der Waals surface area contributed by atoms with Gasteiger partial charge in [0.2, 0.25) is 0 Å². The fourth-order valence-electron chi connectivity index (χ4n) is 8.28. The lowest BCUT2D eigenvalue weighted by Gasteiger charge is -2.60. The summed E-state index contributed by atoms with van der Waals surface area (Å²) in [6, 6.07) is 0. The summed E-state index contributed by atoms with van der Waals surface area (Å²) in [5.41, 5.74) is 1.43. The number of hydrogen-bond acceptors (Lipinski definition) is 3. The second kappa shape index (κ2) is 7.12. The van der Waals surface area contributed by atoms with E-state index in [2.05, 4.69) is 20.8 Å². The zero-order chi connectivity index (χ0) is 20.3. The number of hydrogen-bond donors (Lipinski definition) is 3. The summed E-state index contributed by atoms with van der Waals surface area (Å²) in [5, 5.41) is 30.2. The van der Waals surface area contributed by atoms with Crippen molar-refractivity contribution >= 4 is 5.97 Å². The van der Waals surface area contributed by atoms with Crippen LogP contribution in [0.2, 0.25) is 0 Å². The lowest BCUT2D eigenvalue weighted by atomic mass is 9.46. The minimum atomic E-state index is -0.683. The van der Waals surface area contributed by atoms with Gasteiger partial charge in [-0.1, -0.05) is 26.8 Å². The van der Waals surface area contributed by atoms with Crippen LogP contribution in [0, 0.1) is 40.4 Å². The molecule has 4 aliphatic rings. The molecule has 3 fully saturated rings. The van der Waals surface area contributed by atoms with Crippen LogP contribution >= 0.6 is 0 Å². The molecule has 0 radical (unpaired) electrons. The first-order chi connectivity index (χ1) is 13.2. The van der Waals surface area contributed by atoms with Gasteiger partial charge in [0, 0.05) is 6.42 Å². The van der Waals surface area contributed by atoms with Crippen LogP contribution in [0.3, 0.4) is 0 Å². The maximum absolute atomic E-state index is 11.0. The standard InChI is InChI=1S/C24H38O4/c1-14(4-7-22(27)28)17-5-6-18-16-13-21(26)20-12-15(25)8-10-24(20,3)19(16)9-11-23(17,18)2/h12,14-19,21,25-26H,4-11,13H2,1-3H3,(H,27,28)/t14-,15-,16+,17+,18-,19-,21+,23+,24-/m1/s1. The monoisotopic (exact) mass is 390 g/mol. The molecule has 4 aliphatic carbocycles. The Morgan fingerprint density at radius 1 is 1.14 bits per heavy atom. The lowest BCUT2D eigenvalue weighted by Crippen LogP contribution is -2.54. The van der Waals surface area contributed by atoms with Gasteiger partial charge in [-0.05, 0) is 97.4 Å². The highest BCUT2D eigenvalue weighted by atomic mass is 16.4. The van der Waals surface area contributed by atoms with Crippen molar-refractivity contribution in [1.29, 1.82) is 0 Å². The van der Waals surface area contributed by atoms with Gasteiger partial charge in [-0.2, -0.15) is 0 Å². The molecule has 3 saturated carbocycles. The van der Waals surface area contributed by atoms with E-state index in [9.17, 15) is 15.0 Å². The highest BCUT2D eigenvalue weighted by Crippen LogP contribution is 2.67. The van der Waals surface area contributed by atoms with Gasteiger partial charge in [0.25, 0.3) is 0 Å². The Morgan fingerprint density at radius 2 is 1.89 bits per heavy atom. The van der Waals surface area contributed by atoms with Gasteiger partial charge in [0.1, 0.15) is 0 Å². The Hall–Kier alpha value is -0.870. The predicted molar refractivity (Wildman–Crippen MR) is 109 cm³/mol. The van der Waals surface area contributed by atoms with Gasteiger partial charge in [-0.3, -0.25) is 4.79 Å². The van der Waals surface area contributed by atoms with Gasteiger partial charge >= 0.3 is 5.97 Å². The van der Waals surface area contributed by atoms with E-state index in [0.717, 1.165) is 31.3 Å². The molecule has 0 unspecified atom stereocenters. The highest BCUT2D eigenvalue weighted by Gasteiger charge is 2.60. The van der Waals surface area contributed by atoms with Gasteiger partial charge in [-0.15, -0.1) is 0 Å². The first-order valence-corrected chi connectivity index (χ1v) is 11.5. The van der Waals surface area contributed by atoms with E-state index in [-0.39, 0.29) is 17.3 Å². The van der Waals surface area contributed by atoms with Crippen LogP contribution in [0.4, 0.5) is 0 Å². The topological polar surface area (TPSA) is 77.8 Å². The number of aliphatic hydroxyl groups is 2. The maximum atomic E-state index is 11.0. The maximum Gasteiger partial charge on any atom is 0.303 e. The summed E-state index contributed by atoms with van der Waals surface area (Å²) in [5.74, 6) is 2.18. The zero-order valence-electron chi connectivity index (χ0n) is 17.7. The molecule has 0 aromatic rings. The summed E-state index contributed by atoms with van der Waals surface area (Å²) in [6.45, 7) is 7.07. The molecule has 0 aromatic heterocycles. The molecule has 28 heavy (non-hydrogen) atoms. The number of carbonyl (C=O) groups is 1. The molecule has 4 heteroatoms. The van der Waals surface area contributed by atoms with E-state index < -0.39 is 18.2 Å². The summed E-state index contributed by atoms with van der Waals surface area (Å²) in [7, 11) is 0. The number of aliphatic hydroxyl groups excluding tert-OH is 2. The molecule has 0 spiro atoms. The fourth-order valence-corrected chi connectivity index (χ4v) is 8.28. The average Bonchev–Trinajstić information content (AvgIpc) is 2.99. The molecule has 4 nitrogen and oxygen atoms in total. The summed E-state index contributed by atoms with van der Waals surface area (Å²) in [4.78, 5) is 11.0. The van der Waals surface area contributed by atoms with E-state index in [4.69, 9.17) is 5.11 Å². The predicted octanol–water partition coefficient (Wildman–Crippen LogP) is 4.40. The molecule has 0 heterocycles. The highest BCUT2D eigenvalue weighted by molar-refractivity contribution is 5.66. The minimum absolute atomic E-state index is 0.0376. The summed E-state index contributed by atoms with van der Waals surface area (Å²) in [6.07, 6.45) is 9.72. The van der Waals surface area contributed by atoms with Gasteiger partial charge in [-0.25, -0.2) is 0 Å². The van der Waals surface area contributed by atoms with E-state index in [0.29, 0.717) is 29.6 Å². The third-order valence-corrected chi connectivity index (χ3v) is 9.67. The van der Waals surface area contributed by atoms with Crippen LogP contribution in [-0.2, 0) is 4.79 Å². The lowest BCUT2D eigenvalue weighted by molar-refractivity contribution is -0.137. The Bertz CT molecular complexity index is 657. The van der Waals surface area contributed by atoms with Crippen LogP contribution in [0.1, 0.15) is 78.6 Å². The SMILES string of the molecule is C[C@H](CCC(=O)O)[C@@H]1CC[C@@H]2[C@@H]3C[C@H](O)C4=C[C@H](O)CC[C@]4(C)[C@@H]3CC[C@]21C. The van der Waals surface area contributed by atoms with Crippen LogP contribution in [-0.4, -0.2) is 33.5 Å². The van der Waals surface area contributed by atoms with Crippen LogP contribution in [0.15, 0.2) is 11.6 Å². The van der Waals surface area contributed by atoms with E-state index in [1.54, 1.807) is 0 Å². The van der Waals surface area contributed by atoms with Crippen molar-refractivity contribution in [2.75, 3.05) is 0 Å². The molecular weight excluding hydrogens is 352 g/mol. The van der Waals surface area contributed by atoms with Crippen molar-refractivity contribution in [3.8, 4) is 0 Å². The van der Waals surface area contributed by atoms with Crippen LogP contribution < -0.4 is 0 Å². The molecule has 3 N–H and O–H groups in total. The quantitative estimate of drug-likeness (QED) is 0.622. The van der Waals surface area contributed by atoms with Crippen LogP contribution in [0.5, 0.6) is 0 Å². The molecule has 9 atom stereocenters. The molecule has 0 bridgehead atoms. The molecule has 0 saturated heterocycles. The van der Waals surface area contributed by atoms with Crippen molar-refractivity contribution in [3.63, 3.8) is 0 Å². The molecule has 158 valence electrons. The third-order valence-electron chi connectivity index (χ3n) is 9.67. The van der Waals surface area contributed by atoms with Crippen molar-refractivity contribution in [2.24, 2.45) is 40.4 Å². The number of rotatable bonds is 4. The Morgan fingerprint density at radius 3 is 2.61 bits per heavy atom. The first-order valence-electron chi connectivity index (χ1n) is 11.5. The smallest absolute Gasteiger partial charge is 0.303 e. The molecule has 4 rings (SSSR count). The number of aliphatic carboxylic acids is 1. The fraction of sp³-hybridized carbons (Fsp3) is 0.875. The van der Waals surface area contributed by atoms with Crippen LogP contribution in [0.25, 0.3) is 0 Å². The van der Waals surface area contributed by atoms with E-state index in [1.807, 2.05) is 6.08 Å². The molecular formula is C24H38O4. The minimum Gasteiger partial charge on any atom is -0.481 e. The Balaban J connectivity index is 1.57. The van der Waals surface area contributed by atoms with E-state index >= 15 is 0 Å². The van der Waals surface area contributed by atoms with Gasteiger partial charge in [0.15, 0.2) is 0 Å². The van der Waals surface area contributed by atoms with E-state index in [1.165, 1.54) is 25.7 Å².